The van der Waals surface area contributed by atoms with Gasteiger partial charge >= 0.3 is 6.03 Å². The van der Waals surface area contributed by atoms with Crippen LogP contribution in [-0.2, 0) is 14.3 Å². The van der Waals surface area contributed by atoms with Crippen LogP contribution in [0.4, 0.5) is 9.18 Å². The number of Topliss-reactive ketones (excluding diaryl/α,β-unsaturated/α-hetero) is 1. The molecule has 0 saturated carbocycles. The number of halogens is 1. The van der Waals surface area contributed by atoms with Gasteiger partial charge in [0.25, 0.3) is 0 Å². The summed E-state index contributed by atoms with van der Waals surface area (Å²) < 4.78 is 24.2. The average Bonchev–Trinajstić information content (AvgIpc) is 2.78. The first-order valence-electron chi connectivity index (χ1n) is 11.1. The van der Waals surface area contributed by atoms with E-state index in [1.807, 2.05) is 17.0 Å². The van der Waals surface area contributed by atoms with Gasteiger partial charge in [-0.1, -0.05) is 12.1 Å². The van der Waals surface area contributed by atoms with Gasteiger partial charge in [0.15, 0.2) is 5.78 Å². The van der Waals surface area contributed by atoms with Gasteiger partial charge in [-0.25, -0.2) is 9.18 Å². The molecule has 2 amide bonds. The van der Waals surface area contributed by atoms with Crippen molar-refractivity contribution in [3.05, 3.63) is 35.6 Å². The Morgan fingerprint density at radius 2 is 1.87 bits per heavy atom. The summed E-state index contributed by atoms with van der Waals surface area (Å²) in [5.74, 6) is 0.328. The van der Waals surface area contributed by atoms with Crippen molar-refractivity contribution in [3.8, 4) is 0 Å². The van der Waals surface area contributed by atoms with Gasteiger partial charge < -0.3 is 25.0 Å². The lowest BCUT2D eigenvalue weighted by molar-refractivity contribution is -0.128. The van der Waals surface area contributed by atoms with Crippen molar-refractivity contribution in [2.75, 3.05) is 53.0 Å². The Balaban J connectivity index is 1.60. The first-order chi connectivity index (χ1) is 15.0. The largest absolute Gasteiger partial charge is 0.385 e. The normalized spacial score (nSPS) is 22.2. The number of hydrogen-bond acceptors (Lipinski definition) is 5. The second-order valence-corrected chi connectivity index (χ2v) is 8.46. The smallest absolute Gasteiger partial charge is 0.320 e. The minimum absolute atomic E-state index is 0.00652. The Labute approximate surface area is 183 Å². The van der Waals surface area contributed by atoms with Crippen molar-refractivity contribution >= 4 is 11.8 Å². The lowest BCUT2D eigenvalue weighted by atomic mass is 9.78. The fourth-order valence-corrected chi connectivity index (χ4v) is 4.60. The van der Waals surface area contributed by atoms with Crippen LogP contribution >= 0.6 is 0 Å². The third-order valence-electron chi connectivity index (χ3n) is 6.41. The van der Waals surface area contributed by atoms with E-state index in [0.29, 0.717) is 45.1 Å². The van der Waals surface area contributed by atoms with Crippen molar-refractivity contribution in [3.63, 3.8) is 0 Å². The summed E-state index contributed by atoms with van der Waals surface area (Å²) in [6, 6.07) is 6.64. The van der Waals surface area contributed by atoms with Gasteiger partial charge in [0.1, 0.15) is 12.4 Å². The molecule has 0 aromatic heterocycles. The van der Waals surface area contributed by atoms with E-state index in [0.717, 1.165) is 24.8 Å². The zero-order chi connectivity index (χ0) is 22.2. The van der Waals surface area contributed by atoms with E-state index in [1.54, 1.807) is 12.0 Å². The molecule has 2 heterocycles. The topological polar surface area (TPSA) is 85.1 Å². The summed E-state index contributed by atoms with van der Waals surface area (Å²) >= 11 is 0. The molecule has 8 heteroatoms. The van der Waals surface area contributed by atoms with Gasteiger partial charge in [-0.3, -0.25) is 4.79 Å². The van der Waals surface area contributed by atoms with E-state index in [9.17, 15) is 14.0 Å². The maximum absolute atomic E-state index is 13.4. The number of rotatable bonds is 6. The number of piperidine rings is 1. The van der Waals surface area contributed by atoms with E-state index >= 15 is 0 Å². The van der Waals surface area contributed by atoms with Crippen molar-refractivity contribution < 1.29 is 23.5 Å². The maximum Gasteiger partial charge on any atom is 0.320 e. The van der Waals surface area contributed by atoms with Crippen LogP contribution in [0.25, 0.3) is 0 Å². The number of carbonyl (C=O) groups is 2. The summed E-state index contributed by atoms with van der Waals surface area (Å²) in [7, 11) is 1.69. The summed E-state index contributed by atoms with van der Waals surface area (Å²) in [5, 5.41) is 0. The predicted molar refractivity (Wildman–Crippen MR) is 115 cm³/mol. The lowest BCUT2D eigenvalue weighted by Gasteiger charge is -2.39. The minimum Gasteiger partial charge on any atom is -0.385 e. The van der Waals surface area contributed by atoms with Crippen molar-refractivity contribution in [1.82, 2.24) is 9.80 Å². The third-order valence-corrected chi connectivity index (χ3v) is 6.41. The van der Waals surface area contributed by atoms with Crippen LogP contribution in [0.15, 0.2) is 24.3 Å². The van der Waals surface area contributed by atoms with Crippen LogP contribution in [0.1, 0.15) is 37.2 Å². The summed E-state index contributed by atoms with van der Waals surface area (Å²) in [6.45, 7) is 2.84. The first kappa shape index (κ1) is 23.6. The maximum atomic E-state index is 13.4. The Hall–Kier alpha value is -2.03. The second kappa shape index (κ2) is 11.5. The molecule has 1 aromatic carbocycles. The number of ether oxygens (including phenoxy) is 2. The van der Waals surface area contributed by atoms with Crippen LogP contribution in [0.2, 0.25) is 0 Å². The summed E-state index contributed by atoms with van der Waals surface area (Å²) in [6.07, 6.45) is 3.04. The van der Waals surface area contributed by atoms with Crippen molar-refractivity contribution in [2.45, 2.75) is 37.7 Å². The number of likely N-dealkylation sites (tertiary alicyclic amines) is 1. The minimum atomic E-state index is -0.236. The molecule has 7 nitrogen and oxygen atoms in total. The Kier molecular flexibility index (Phi) is 8.80. The molecular weight excluding hydrogens is 401 g/mol. The third kappa shape index (κ3) is 6.48. The van der Waals surface area contributed by atoms with E-state index in [4.69, 9.17) is 15.2 Å². The Morgan fingerprint density at radius 1 is 1.19 bits per heavy atom. The molecule has 1 unspecified atom stereocenters. The monoisotopic (exact) mass is 435 g/mol. The second-order valence-electron chi connectivity index (χ2n) is 8.46. The molecule has 172 valence electrons. The standard InChI is InChI=1S/C23H34FN3O4/c1-30-13-9-22(17-2-4-19(24)5-3-17)18-6-10-26(11-7-18)23(29)27-12-8-21(14-25)31-16-20(28)15-27/h2-5,18,21-22H,6-16,25H2,1H3/t21-,22?/m0/s1. The predicted octanol–water partition coefficient (Wildman–Crippen LogP) is 2.40. The average molecular weight is 436 g/mol. The number of methoxy groups -OCH3 is 1. The van der Waals surface area contributed by atoms with Crippen molar-refractivity contribution in [1.29, 1.82) is 0 Å². The van der Waals surface area contributed by atoms with E-state index in [2.05, 4.69) is 0 Å². The van der Waals surface area contributed by atoms with Gasteiger partial charge in [-0.2, -0.15) is 0 Å². The van der Waals surface area contributed by atoms with Crippen LogP contribution in [0.3, 0.4) is 0 Å². The number of hydrogen-bond donors (Lipinski definition) is 1. The molecule has 2 aliphatic heterocycles. The van der Waals surface area contributed by atoms with E-state index < -0.39 is 0 Å². The molecule has 2 N–H and O–H groups in total. The quantitative estimate of drug-likeness (QED) is 0.742. The molecule has 0 spiro atoms. The van der Waals surface area contributed by atoms with Crippen LogP contribution in [-0.4, -0.2) is 80.8 Å². The van der Waals surface area contributed by atoms with Gasteiger partial charge in [0.05, 0.1) is 12.6 Å². The molecule has 2 fully saturated rings. The molecule has 3 rings (SSSR count). The van der Waals surface area contributed by atoms with E-state index in [1.165, 1.54) is 12.1 Å². The van der Waals surface area contributed by atoms with E-state index in [-0.39, 0.29) is 42.8 Å². The van der Waals surface area contributed by atoms with Crippen molar-refractivity contribution in [2.24, 2.45) is 11.7 Å². The number of nitrogens with two attached hydrogens (primary N) is 1. The lowest BCUT2D eigenvalue weighted by Crippen LogP contribution is -2.51. The molecule has 0 bridgehead atoms. The Morgan fingerprint density at radius 3 is 2.52 bits per heavy atom. The fourth-order valence-electron chi connectivity index (χ4n) is 4.60. The summed E-state index contributed by atoms with van der Waals surface area (Å²) in [4.78, 5) is 28.7. The zero-order valence-electron chi connectivity index (χ0n) is 18.3. The molecule has 31 heavy (non-hydrogen) atoms. The first-order valence-corrected chi connectivity index (χ1v) is 11.1. The molecule has 2 aliphatic rings. The van der Waals surface area contributed by atoms with Gasteiger partial charge in [0, 0.05) is 39.9 Å². The number of ketones is 1. The zero-order valence-corrected chi connectivity index (χ0v) is 18.3. The van der Waals surface area contributed by atoms with Crippen LogP contribution in [0, 0.1) is 11.7 Å². The fraction of sp³-hybridized carbons (Fsp3) is 0.652. The SMILES string of the molecule is COCCC(c1ccc(F)cc1)C1CCN(C(=O)N2CC[C@@H](CN)OCC(=O)C2)CC1. The number of benzene rings is 1. The van der Waals surface area contributed by atoms with Crippen LogP contribution < -0.4 is 5.73 Å². The molecule has 2 saturated heterocycles. The highest BCUT2D eigenvalue weighted by atomic mass is 19.1. The summed E-state index contributed by atoms with van der Waals surface area (Å²) in [5.41, 5.74) is 6.80. The van der Waals surface area contributed by atoms with Crippen LogP contribution in [0.5, 0.6) is 0 Å². The molecule has 1 aromatic rings. The Bertz CT molecular complexity index is 722. The highest BCUT2D eigenvalue weighted by Crippen LogP contribution is 2.35. The number of amides is 2. The van der Waals surface area contributed by atoms with Gasteiger partial charge in [-0.15, -0.1) is 0 Å². The number of nitrogens with zero attached hydrogens (tertiary/aromatic N) is 2. The molecule has 2 atom stereocenters. The van der Waals surface area contributed by atoms with Gasteiger partial charge in [0.2, 0.25) is 0 Å². The highest BCUT2D eigenvalue weighted by molar-refractivity contribution is 5.86. The molecule has 0 aliphatic carbocycles. The number of carbonyl (C=O) groups excluding carboxylic acids is 2. The number of urea groups is 1. The van der Waals surface area contributed by atoms with Gasteiger partial charge in [-0.05, 0) is 55.2 Å². The highest BCUT2D eigenvalue weighted by Gasteiger charge is 2.32. The molecular formula is C23H34FN3O4. The molecule has 0 radical (unpaired) electrons.